The molecule has 0 spiro atoms. The molecule has 2 aliphatic rings. The molecule has 0 radical (unpaired) electrons. The fourth-order valence-corrected chi connectivity index (χ4v) is 2.94. The summed E-state index contributed by atoms with van der Waals surface area (Å²) < 4.78 is 0. The highest BCUT2D eigenvalue weighted by Gasteiger charge is 2.40. The van der Waals surface area contributed by atoms with Crippen molar-refractivity contribution in [3.8, 4) is 0 Å². The fraction of sp³-hybridized carbons (Fsp3) is 0.333. The standard InChI is InChI=1S/C15H18N4O/c1-8-5-3-4-6-10(8)9(2)11-7-17-13-12(11)18-15(16)19-14(13)20/h3-7,9,12-13,17H,1-2H3,(H3,16,18,19,20)/t9-,12?,13?/m0/s1. The van der Waals surface area contributed by atoms with Gasteiger partial charge in [-0.15, -0.1) is 0 Å². The summed E-state index contributed by atoms with van der Waals surface area (Å²) in [6, 6.07) is 7.72. The van der Waals surface area contributed by atoms with Crippen LogP contribution in [0.2, 0.25) is 0 Å². The van der Waals surface area contributed by atoms with Gasteiger partial charge < -0.3 is 11.1 Å². The lowest BCUT2D eigenvalue weighted by molar-refractivity contribution is -0.121. The summed E-state index contributed by atoms with van der Waals surface area (Å²) in [6.07, 6.45) is 1.91. The number of fused-ring (bicyclic) bond motifs is 1. The van der Waals surface area contributed by atoms with Gasteiger partial charge in [0.25, 0.3) is 5.91 Å². The molecule has 2 heterocycles. The van der Waals surface area contributed by atoms with Gasteiger partial charge in [0.2, 0.25) is 0 Å². The summed E-state index contributed by atoms with van der Waals surface area (Å²) in [5.41, 5.74) is 9.26. The summed E-state index contributed by atoms with van der Waals surface area (Å²) in [6.45, 7) is 4.23. The van der Waals surface area contributed by atoms with Crippen LogP contribution in [0.3, 0.4) is 0 Å². The lowest BCUT2D eigenvalue weighted by Crippen LogP contribution is -2.55. The molecule has 3 atom stereocenters. The Labute approximate surface area is 118 Å². The Balaban J connectivity index is 1.94. The Kier molecular flexibility index (Phi) is 2.97. The van der Waals surface area contributed by atoms with Crippen LogP contribution in [-0.2, 0) is 4.79 Å². The second kappa shape index (κ2) is 4.67. The number of aliphatic imine (C=N–C) groups is 1. The van der Waals surface area contributed by atoms with E-state index in [9.17, 15) is 4.79 Å². The lowest BCUT2D eigenvalue weighted by Gasteiger charge is -2.26. The molecule has 0 aromatic heterocycles. The first kappa shape index (κ1) is 12.7. The van der Waals surface area contributed by atoms with Crippen LogP contribution in [0.5, 0.6) is 0 Å². The summed E-state index contributed by atoms with van der Waals surface area (Å²) in [4.78, 5) is 16.3. The van der Waals surface area contributed by atoms with Gasteiger partial charge in [-0.3, -0.25) is 10.1 Å². The zero-order valence-electron chi connectivity index (χ0n) is 11.6. The molecule has 1 amide bonds. The number of carbonyl (C=O) groups excluding carboxylic acids is 1. The van der Waals surface area contributed by atoms with Crippen molar-refractivity contribution in [1.29, 1.82) is 0 Å². The Bertz CT molecular complexity index is 620. The van der Waals surface area contributed by atoms with Gasteiger partial charge in [-0.25, -0.2) is 4.99 Å². The highest BCUT2D eigenvalue weighted by atomic mass is 16.2. The quantitative estimate of drug-likeness (QED) is 0.742. The van der Waals surface area contributed by atoms with E-state index >= 15 is 0 Å². The van der Waals surface area contributed by atoms with Gasteiger partial charge >= 0.3 is 0 Å². The molecule has 2 aliphatic heterocycles. The van der Waals surface area contributed by atoms with Gasteiger partial charge in [-0.05, 0) is 29.8 Å². The summed E-state index contributed by atoms with van der Waals surface area (Å²) in [5, 5.41) is 5.67. The second-order valence-electron chi connectivity index (χ2n) is 5.32. The molecule has 104 valence electrons. The molecule has 20 heavy (non-hydrogen) atoms. The number of nitrogens with zero attached hydrogens (tertiary/aromatic N) is 1. The third-order valence-electron chi connectivity index (χ3n) is 4.05. The van der Waals surface area contributed by atoms with E-state index < -0.39 is 0 Å². The first-order valence-electron chi connectivity index (χ1n) is 6.73. The van der Waals surface area contributed by atoms with Crippen molar-refractivity contribution in [2.24, 2.45) is 10.7 Å². The molecule has 0 aliphatic carbocycles. The third-order valence-corrected chi connectivity index (χ3v) is 4.05. The maximum absolute atomic E-state index is 11.9. The van der Waals surface area contributed by atoms with Gasteiger partial charge in [0, 0.05) is 5.92 Å². The highest BCUT2D eigenvalue weighted by Crippen LogP contribution is 2.33. The number of aryl methyl sites for hydroxylation is 1. The van der Waals surface area contributed by atoms with Crippen LogP contribution in [0.4, 0.5) is 0 Å². The number of nitrogens with one attached hydrogen (secondary N) is 2. The number of hydrogen-bond donors (Lipinski definition) is 3. The Hall–Kier alpha value is -2.30. The molecule has 1 aromatic rings. The van der Waals surface area contributed by atoms with Crippen LogP contribution < -0.4 is 16.4 Å². The van der Waals surface area contributed by atoms with Crippen LogP contribution >= 0.6 is 0 Å². The van der Waals surface area contributed by atoms with E-state index in [4.69, 9.17) is 5.73 Å². The Morgan fingerprint density at radius 1 is 1.35 bits per heavy atom. The Morgan fingerprint density at radius 3 is 2.85 bits per heavy atom. The normalized spacial score (nSPS) is 26.0. The molecule has 1 aromatic carbocycles. The topological polar surface area (TPSA) is 79.5 Å². The van der Waals surface area contributed by atoms with Crippen LogP contribution in [0.1, 0.15) is 24.0 Å². The number of rotatable bonds is 2. The van der Waals surface area contributed by atoms with E-state index in [0.29, 0.717) is 0 Å². The predicted molar refractivity (Wildman–Crippen MR) is 78.2 cm³/mol. The van der Waals surface area contributed by atoms with E-state index in [1.165, 1.54) is 11.1 Å². The van der Waals surface area contributed by atoms with Crippen molar-refractivity contribution >= 4 is 11.9 Å². The van der Waals surface area contributed by atoms with Crippen LogP contribution in [0.25, 0.3) is 0 Å². The van der Waals surface area contributed by atoms with E-state index in [1.54, 1.807) is 0 Å². The Morgan fingerprint density at radius 2 is 2.10 bits per heavy atom. The average Bonchev–Trinajstić information content (AvgIpc) is 2.82. The molecule has 0 bridgehead atoms. The highest BCUT2D eigenvalue weighted by molar-refractivity contribution is 6.02. The minimum atomic E-state index is -0.344. The fourth-order valence-electron chi connectivity index (χ4n) is 2.94. The van der Waals surface area contributed by atoms with Gasteiger partial charge in [-0.1, -0.05) is 31.2 Å². The first-order chi connectivity index (χ1) is 9.58. The molecule has 5 nitrogen and oxygen atoms in total. The monoisotopic (exact) mass is 270 g/mol. The summed E-state index contributed by atoms with van der Waals surface area (Å²) >= 11 is 0. The minimum absolute atomic E-state index is 0.120. The number of guanidine groups is 1. The largest absolute Gasteiger partial charge is 0.378 e. The summed E-state index contributed by atoms with van der Waals surface area (Å²) in [5.74, 6) is 0.273. The predicted octanol–water partition coefficient (Wildman–Crippen LogP) is 0.767. The second-order valence-corrected chi connectivity index (χ2v) is 5.32. The van der Waals surface area contributed by atoms with Gasteiger partial charge in [-0.2, -0.15) is 0 Å². The number of carbonyl (C=O) groups is 1. The molecule has 0 saturated heterocycles. The minimum Gasteiger partial charge on any atom is -0.378 e. The number of benzene rings is 1. The summed E-state index contributed by atoms with van der Waals surface area (Å²) in [7, 11) is 0. The van der Waals surface area contributed by atoms with E-state index in [2.05, 4.69) is 41.6 Å². The first-order valence-corrected chi connectivity index (χ1v) is 6.73. The van der Waals surface area contributed by atoms with Crippen molar-refractivity contribution in [2.45, 2.75) is 31.8 Å². The lowest BCUT2D eigenvalue weighted by atomic mass is 9.85. The molecule has 5 heteroatoms. The third kappa shape index (κ3) is 1.95. The van der Waals surface area contributed by atoms with Crippen LogP contribution in [0, 0.1) is 6.92 Å². The van der Waals surface area contributed by atoms with Crippen molar-refractivity contribution in [3.05, 3.63) is 47.2 Å². The van der Waals surface area contributed by atoms with E-state index in [0.717, 1.165) is 5.57 Å². The van der Waals surface area contributed by atoms with E-state index in [1.807, 2.05) is 18.3 Å². The molecule has 4 N–H and O–H groups in total. The van der Waals surface area contributed by atoms with Gasteiger partial charge in [0.15, 0.2) is 5.96 Å². The van der Waals surface area contributed by atoms with Gasteiger partial charge in [0.1, 0.15) is 12.1 Å². The average molecular weight is 270 g/mol. The van der Waals surface area contributed by atoms with Crippen molar-refractivity contribution in [2.75, 3.05) is 0 Å². The number of hydrogen-bond acceptors (Lipinski definition) is 4. The van der Waals surface area contributed by atoms with Crippen LogP contribution in [0.15, 0.2) is 41.0 Å². The molecule has 2 unspecified atom stereocenters. The van der Waals surface area contributed by atoms with Crippen molar-refractivity contribution < 1.29 is 4.79 Å². The number of amides is 1. The van der Waals surface area contributed by atoms with Gasteiger partial charge in [0.05, 0.1) is 0 Å². The van der Waals surface area contributed by atoms with E-state index in [-0.39, 0.29) is 29.9 Å². The molecular weight excluding hydrogens is 252 g/mol. The van der Waals surface area contributed by atoms with Crippen molar-refractivity contribution in [1.82, 2.24) is 10.6 Å². The van der Waals surface area contributed by atoms with Crippen LogP contribution in [-0.4, -0.2) is 24.0 Å². The molecule has 0 saturated carbocycles. The molecular formula is C15H18N4O. The maximum Gasteiger partial charge on any atom is 0.251 e. The zero-order chi connectivity index (χ0) is 14.3. The smallest absolute Gasteiger partial charge is 0.251 e. The SMILES string of the molecule is Cc1ccccc1[C@H](C)C1=CNC2C(=O)NC(N)=NC12. The molecule has 3 rings (SSSR count). The maximum atomic E-state index is 11.9. The molecule has 0 fully saturated rings. The van der Waals surface area contributed by atoms with Crippen molar-refractivity contribution in [3.63, 3.8) is 0 Å². The number of nitrogens with two attached hydrogens (primary N) is 1. The zero-order valence-corrected chi connectivity index (χ0v) is 11.6.